The topological polar surface area (TPSA) is 132 Å². The van der Waals surface area contributed by atoms with Gasteiger partial charge in [-0.05, 0) is 12.8 Å². The number of esters is 1. The molecule has 0 saturated carbocycles. The van der Waals surface area contributed by atoms with E-state index in [-0.39, 0.29) is 25.6 Å². The molecule has 59 heavy (non-hydrogen) atoms. The summed E-state index contributed by atoms with van der Waals surface area (Å²) in [6.45, 7) is 3.61. The normalized spacial score (nSPS) is 13.8. The van der Waals surface area contributed by atoms with Crippen molar-refractivity contribution < 1.29 is 43.0 Å². The molecular weight excluding hydrogens is 764 g/mol. The summed E-state index contributed by atoms with van der Waals surface area (Å²) < 4.78 is 33.5. The molecule has 0 saturated heterocycles. The lowest BCUT2D eigenvalue weighted by Gasteiger charge is -2.20. The molecule has 3 N–H and O–H groups in total. The molecule has 0 radical (unpaired) electrons. The van der Waals surface area contributed by atoms with Crippen LogP contribution in [0.5, 0.6) is 0 Å². The fraction of sp³-hybridized carbons (Fsp3) is 0.980. The van der Waals surface area contributed by atoms with Crippen LogP contribution in [0, 0.1) is 0 Å². The Balaban J connectivity index is 4.02. The Kier molecular flexibility index (Phi) is 46.5. The van der Waals surface area contributed by atoms with Gasteiger partial charge in [0.15, 0.2) is 0 Å². The van der Waals surface area contributed by atoms with Crippen LogP contribution in [-0.4, -0.2) is 66.3 Å². The highest BCUT2D eigenvalue weighted by Gasteiger charge is 2.26. The first-order valence-electron chi connectivity index (χ1n) is 25.5. The van der Waals surface area contributed by atoms with E-state index in [4.69, 9.17) is 23.6 Å². The number of phosphoric acid groups is 1. The minimum Gasteiger partial charge on any atom is -0.457 e. The standard InChI is InChI=1S/C49H99O9P/c1-3-5-7-9-11-13-15-17-19-21-23-24-25-27-29-31-33-35-37-39-41-49(52)58-48(46-57-59(53,54)56-44-47(51)43-50)45-55-42-40-38-36-34-32-30-28-26-22-20-18-16-14-12-10-8-6-4-2/h47-48,50-51H,3-46H2,1-2H3,(H,53,54)/t47-,48+/m0/s1. The SMILES string of the molecule is CCCCCCCCCCCCCCCCCCCCCCC(=O)O[C@H](COCCCCCCCCCCCCCCCCCCCC)COP(=O)(O)OC[C@@H](O)CO. The third-order valence-corrected chi connectivity index (χ3v) is 12.5. The van der Waals surface area contributed by atoms with Gasteiger partial charge in [-0.3, -0.25) is 13.8 Å². The quantitative estimate of drug-likeness (QED) is 0.0311. The second-order valence-electron chi connectivity index (χ2n) is 17.6. The van der Waals surface area contributed by atoms with Crippen LogP contribution in [0.15, 0.2) is 0 Å². The molecule has 0 spiro atoms. The maximum absolute atomic E-state index is 12.7. The van der Waals surface area contributed by atoms with Gasteiger partial charge in [0.1, 0.15) is 12.2 Å². The molecular formula is C49H99O9P. The number of hydrogen-bond acceptors (Lipinski definition) is 8. The molecule has 0 aliphatic carbocycles. The van der Waals surface area contributed by atoms with Crippen LogP contribution in [-0.2, 0) is 27.9 Å². The molecule has 9 nitrogen and oxygen atoms in total. The van der Waals surface area contributed by atoms with Crippen molar-refractivity contribution in [1.29, 1.82) is 0 Å². The minimum atomic E-state index is -4.51. The summed E-state index contributed by atoms with van der Waals surface area (Å²) in [5.41, 5.74) is 0. The summed E-state index contributed by atoms with van der Waals surface area (Å²) in [6.07, 6.45) is 47.8. The third-order valence-electron chi connectivity index (χ3n) is 11.5. The van der Waals surface area contributed by atoms with Crippen LogP contribution in [0.3, 0.4) is 0 Å². The molecule has 0 rings (SSSR count). The summed E-state index contributed by atoms with van der Waals surface area (Å²) in [4.78, 5) is 22.7. The number of ether oxygens (including phenoxy) is 2. The number of rotatable bonds is 50. The Morgan fingerprint density at radius 2 is 0.763 bits per heavy atom. The number of phosphoric ester groups is 1. The van der Waals surface area contributed by atoms with Gasteiger partial charge in [-0.1, -0.05) is 245 Å². The van der Waals surface area contributed by atoms with E-state index in [2.05, 4.69) is 13.8 Å². The van der Waals surface area contributed by atoms with Gasteiger partial charge in [0.2, 0.25) is 0 Å². The second-order valence-corrected chi connectivity index (χ2v) is 19.0. The first kappa shape index (κ1) is 58.5. The summed E-state index contributed by atoms with van der Waals surface area (Å²) in [6, 6.07) is 0. The number of aliphatic hydroxyl groups is 2. The molecule has 0 aromatic heterocycles. The van der Waals surface area contributed by atoms with Crippen molar-refractivity contribution in [3.8, 4) is 0 Å². The van der Waals surface area contributed by atoms with Crippen LogP contribution in [0.2, 0.25) is 0 Å². The van der Waals surface area contributed by atoms with Crippen LogP contribution in [0.25, 0.3) is 0 Å². The maximum Gasteiger partial charge on any atom is 0.472 e. The van der Waals surface area contributed by atoms with Crippen molar-refractivity contribution in [2.24, 2.45) is 0 Å². The van der Waals surface area contributed by atoms with Gasteiger partial charge in [-0.15, -0.1) is 0 Å². The van der Waals surface area contributed by atoms with Crippen molar-refractivity contribution in [2.45, 2.75) is 276 Å². The number of carbonyl (C=O) groups excluding carboxylic acids is 1. The zero-order valence-electron chi connectivity index (χ0n) is 39.0. The second kappa shape index (κ2) is 47.0. The molecule has 0 bridgehead atoms. The highest BCUT2D eigenvalue weighted by molar-refractivity contribution is 7.47. The van der Waals surface area contributed by atoms with Gasteiger partial charge >= 0.3 is 13.8 Å². The van der Waals surface area contributed by atoms with E-state index < -0.39 is 33.2 Å². The molecule has 0 aliphatic rings. The Morgan fingerprint density at radius 1 is 0.458 bits per heavy atom. The minimum absolute atomic E-state index is 0.0587. The van der Waals surface area contributed by atoms with Crippen molar-refractivity contribution in [3.63, 3.8) is 0 Å². The zero-order valence-corrected chi connectivity index (χ0v) is 39.9. The Hall–Kier alpha value is -0.540. The van der Waals surface area contributed by atoms with Gasteiger partial charge in [0, 0.05) is 13.0 Å². The van der Waals surface area contributed by atoms with Crippen LogP contribution in [0.1, 0.15) is 264 Å². The summed E-state index contributed by atoms with van der Waals surface area (Å²) in [5, 5.41) is 18.4. The highest BCUT2D eigenvalue weighted by atomic mass is 31.2. The monoisotopic (exact) mass is 863 g/mol. The lowest BCUT2D eigenvalue weighted by molar-refractivity contribution is -0.154. The van der Waals surface area contributed by atoms with Crippen molar-refractivity contribution in [2.75, 3.05) is 33.0 Å². The first-order valence-corrected chi connectivity index (χ1v) is 27.0. The Morgan fingerprint density at radius 3 is 1.10 bits per heavy atom. The predicted molar refractivity (Wildman–Crippen MR) is 247 cm³/mol. The van der Waals surface area contributed by atoms with E-state index in [9.17, 15) is 19.4 Å². The predicted octanol–water partition coefficient (Wildman–Crippen LogP) is 14.7. The summed E-state index contributed by atoms with van der Waals surface area (Å²) in [7, 11) is -4.51. The van der Waals surface area contributed by atoms with Crippen LogP contribution < -0.4 is 0 Å². The van der Waals surface area contributed by atoms with Gasteiger partial charge in [0.25, 0.3) is 0 Å². The van der Waals surface area contributed by atoms with Gasteiger partial charge in [-0.2, -0.15) is 0 Å². The lowest BCUT2D eigenvalue weighted by Crippen LogP contribution is -2.29. The average Bonchev–Trinajstić information content (AvgIpc) is 3.23. The van der Waals surface area contributed by atoms with Crippen LogP contribution in [0.4, 0.5) is 0 Å². The van der Waals surface area contributed by atoms with E-state index in [1.165, 1.54) is 212 Å². The fourth-order valence-corrected chi connectivity index (χ4v) is 8.44. The van der Waals surface area contributed by atoms with Gasteiger partial charge in [0.05, 0.1) is 26.4 Å². The first-order chi connectivity index (χ1) is 28.8. The summed E-state index contributed by atoms with van der Waals surface area (Å²) in [5.74, 6) is -0.373. The van der Waals surface area contributed by atoms with E-state index in [0.29, 0.717) is 6.61 Å². The molecule has 0 heterocycles. The molecule has 3 atom stereocenters. The number of unbranched alkanes of at least 4 members (excludes halogenated alkanes) is 36. The highest BCUT2D eigenvalue weighted by Crippen LogP contribution is 2.43. The largest absolute Gasteiger partial charge is 0.472 e. The van der Waals surface area contributed by atoms with Crippen LogP contribution >= 0.6 is 7.82 Å². The lowest BCUT2D eigenvalue weighted by atomic mass is 10.0. The number of carbonyl (C=O) groups is 1. The number of aliphatic hydroxyl groups excluding tert-OH is 2. The molecule has 0 aromatic rings. The Labute approximate surface area is 365 Å². The average molecular weight is 863 g/mol. The van der Waals surface area contributed by atoms with E-state index in [1.807, 2.05) is 0 Å². The molecule has 354 valence electrons. The number of hydrogen-bond donors (Lipinski definition) is 3. The smallest absolute Gasteiger partial charge is 0.457 e. The van der Waals surface area contributed by atoms with Crippen molar-refractivity contribution in [3.05, 3.63) is 0 Å². The molecule has 1 unspecified atom stereocenters. The molecule has 0 fully saturated rings. The zero-order chi connectivity index (χ0) is 43.2. The molecule has 0 amide bonds. The maximum atomic E-state index is 12.7. The Bertz CT molecular complexity index is 892. The van der Waals surface area contributed by atoms with E-state index in [1.54, 1.807) is 0 Å². The van der Waals surface area contributed by atoms with E-state index in [0.717, 1.165) is 32.1 Å². The van der Waals surface area contributed by atoms with Gasteiger partial charge < -0.3 is 24.6 Å². The van der Waals surface area contributed by atoms with Gasteiger partial charge in [-0.25, -0.2) is 4.57 Å². The summed E-state index contributed by atoms with van der Waals surface area (Å²) >= 11 is 0. The third kappa shape index (κ3) is 46.8. The van der Waals surface area contributed by atoms with Crippen molar-refractivity contribution >= 4 is 13.8 Å². The molecule has 0 aromatic carbocycles. The molecule has 10 heteroatoms. The van der Waals surface area contributed by atoms with E-state index >= 15 is 0 Å². The van der Waals surface area contributed by atoms with Crippen molar-refractivity contribution in [1.82, 2.24) is 0 Å². The fourth-order valence-electron chi connectivity index (χ4n) is 7.65. The molecule has 0 aliphatic heterocycles.